The number of phenolic OH excluding ortho intramolecular Hbond substituents is 1. The number of aromatic hydroxyl groups is 1. The predicted molar refractivity (Wildman–Crippen MR) is 174 cm³/mol. The summed E-state index contributed by atoms with van der Waals surface area (Å²) >= 11 is 0. The topological polar surface area (TPSA) is 108 Å². The molecular weight excluding hydrogens is 554 g/mol. The minimum atomic E-state index is -0.986. The number of amides is 3. The summed E-state index contributed by atoms with van der Waals surface area (Å²) in [4.78, 5) is 43.5. The van der Waals surface area contributed by atoms with Crippen LogP contribution < -0.4 is 10.6 Å². The van der Waals surface area contributed by atoms with Gasteiger partial charge in [0.2, 0.25) is 11.8 Å². The summed E-state index contributed by atoms with van der Waals surface area (Å²) in [5, 5.41) is 15.9. The van der Waals surface area contributed by atoms with E-state index in [1.807, 2.05) is 31.2 Å². The summed E-state index contributed by atoms with van der Waals surface area (Å²) < 4.78 is 5.55. The SMILES string of the molecule is CCCCCCCN(C(=O)C(Cc1ccc(O)cc1)NC(=O)OC(C)(C)C)C(C(=O)NC1CCCCC1)c1cccc(C)c1. The molecule has 3 amide bonds. The second kappa shape index (κ2) is 17.1. The molecular formula is C36H53N3O5. The number of unbranched alkanes of at least 4 members (excludes halogenated alkanes) is 4. The molecule has 0 aromatic heterocycles. The van der Waals surface area contributed by atoms with Crippen LogP contribution in [0.5, 0.6) is 5.75 Å². The number of nitrogens with one attached hydrogen (secondary N) is 2. The zero-order valence-corrected chi connectivity index (χ0v) is 27.4. The van der Waals surface area contributed by atoms with Crippen LogP contribution >= 0.6 is 0 Å². The van der Waals surface area contributed by atoms with Crippen molar-refractivity contribution in [2.75, 3.05) is 6.54 Å². The van der Waals surface area contributed by atoms with E-state index in [0.29, 0.717) is 6.54 Å². The van der Waals surface area contributed by atoms with Crippen LogP contribution in [0.4, 0.5) is 4.79 Å². The fraction of sp³-hybridized carbons (Fsp3) is 0.583. The van der Waals surface area contributed by atoms with E-state index in [-0.39, 0.29) is 30.0 Å². The van der Waals surface area contributed by atoms with E-state index in [1.54, 1.807) is 49.9 Å². The molecule has 0 aliphatic heterocycles. The Labute approximate surface area is 263 Å². The maximum atomic E-state index is 14.7. The van der Waals surface area contributed by atoms with Crippen LogP contribution in [0.1, 0.15) is 115 Å². The monoisotopic (exact) mass is 607 g/mol. The van der Waals surface area contributed by atoms with Gasteiger partial charge in [-0.25, -0.2) is 4.79 Å². The first-order valence-electron chi connectivity index (χ1n) is 16.4. The Morgan fingerprint density at radius 2 is 1.66 bits per heavy atom. The maximum absolute atomic E-state index is 14.7. The molecule has 3 rings (SSSR count). The van der Waals surface area contributed by atoms with Crippen molar-refractivity contribution >= 4 is 17.9 Å². The Morgan fingerprint density at radius 1 is 0.977 bits per heavy atom. The predicted octanol–water partition coefficient (Wildman–Crippen LogP) is 7.13. The summed E-state index contributed by atoms with van der Waals surface area (Å²) in [7, 11) is 0. The van der Waals surface area contributed by atoms with Crippen molar-refractivity contribution in [3.8, 4) is 5.75 Å². The highest BCUT2D eigenvalue weighted by molar-refractivity contribution is 5.92. The van der Waals surface area contributed by atoms with Gasteiger partial charge in [-0.15, -0.1) is 0 Å². The first kappa shape index (κ1) is 34.9. The Balaban J connectivity index is 2.01. The lowest BCUT2D eigenvalue weighted by atomic mass is 9.94. The fourth-order valence-corrected chi connectivity index (χ4v) is 5.81. The van der Waals surface area contributed by atoms with E-state index in [2.05, 4.69) is 17.6 Å². The van der Waals surface area contributed by atoms with E-state index >= 15 is 0 Å². The van der Waals surface area contributed by atoms with Crippen LogP contribution in [-0.4, -0.2) is 52.1 Å². The summed E-state index contributed by atoms with van der Waals surface area (Å²) in [6.07, 6.45) is 9.61. The zero-order valence-electron chi connectivity index (χ0n) is 27.4. The molecule has 8 nitrogen and oxygen atoms in total. The first-order valence-corrected chi connectivity index (χ1v) is 16.4. The lowest BCUT2D eigenvalue weighted by molar-refractivity contribution is -0.143. The normalized spacial score (nSPS) is 15.2. The number of carbonyl (C=O) groups is 3. The van der Waals surface area contributed by atoms with Crippen LogP contribution in [0.3, 0.4) is 0 Å². The van der Waals surface area contributed by atoms with Gasteiger partial charge in [0.15, 0.2) is 0 Å². The third-order valence-electron chi connectivity index (χ3n) is 8.02. The second-order valence-corrected chi connectivity index (χ2v) is 13.2. The summed E-state index contributed by atoms with van der Waals surface area (Å²) in [6.45, 7) is 9.84. The molecule has 3 N–H and O–H groups in total. The summed E-state index contributed by atoms with van der Waals surface area (Å²) in [5.74, 6) is -0.417. The van der Waals surface area contributed by atoms with Gasteiger partial charge in [-0.2, -0.15) is 0 Å². The van der Waals surface area contributed by atoms with Gasteiger partial charge in [0.25, 0.3) is 0 Å². The van der Waals surface area contributed by atoms with Crippen molar-refractivity contribution < 1.29 is 24.2 Å². The third kappa shape index (κ3) is 11.5. The van der Waals surface area contributed by atoms with Gasteiger partial charge >= 0.3 is 6.09 Å². The van der Waals surface area contributed by atoms with E-state index in [0.717, 1.165) is 74.5 Å². The van der Waals surface area contributed by atoms with Gasteiger partial charge in [-0.1, -0.05) is 93.8 Å². The maximum Gasteiger partial charge on any atom is 0.408 e. The number of nitrogens with zero attached hydrogens (tertiary/aromatic N) is 1. The molecule has 0 spiro atoms. The number of hydrogen-bond acceptors (Lipinski definition) is 5. The number of benzene rings is 2. The Morgan fingerprint density at radius 3 is 2.30 bits per heavy atom. The average Bonchev–Trinajstić information content (AvgIpc) is 2.96. The van der Waals surface area contributed by atoms with Gasteiger partial charge in [0.1, 0.15) is 23.4 Å². The molecule has 0 saturated heterocycles. The molecule has 1 aliphatic carbocycles. The highest BCUT2D eigenvalue weighted by Crippen LogP contribution is 2.27. The molecule has 0 heterocycles. The van der Waals surface area contributed by atoms with Crippen LogP contribution in [0.25, 0.3) is 0 Å². The van der Waals surface area contributed by atoms with Crippen LogP contribution in [-0.2, 0) is 20.7 Å². The van der Waals surface area contributed by atoms with Crippen molar-refractivity contribution in [1.29, 1.82) is 0 Å². The number of ether oxygens (including phenoxy) is 1. The largest absolute Gasteiger partial charge is 0.508 e. The van der Waals surface area contributed by atoms with E-state index in [4.69, 9.17) is 4.74 Å². The number of hydrogen-bond donors (Lipinski definition) is 3. The standard InChI is InChI=1S/C36H53N3O5/c1-6-7-8-9-13-23-39(32(28-16-14-15-26(2)24-28)33(41)37-29-17-11-10-12-18-29)34(42)31(38-35(43)44-36(3,4)5)25-27-19-21-30(40)22-20-27/h14-16,19-22,24,29,31-32,40H,6-13,17-18,23,25H2,1-5H3,(H,37,41)(H,38,43). The minimum Gasteiger partial charge on any atom is -0.508 e. The quantitative estimate of drug-likeness (QED) is 0.198. The number of phenols is 1. The van der Waals surface area contributed by atoms with Crippen LogP contribution in [0, 0.1) is 6.92 Å². The van der Waals surface area contributed by atoms with Crippen molar-refractivity contribution in [2.24, 2.45) is 0 Å². The van der Waals surface area contributed by atoms with E-state index < -0.39 is 23.8 Å². The molecule has 2 atom stereocenters. The van der Waals surface area contributed by atoms with Crippen molar-refractivity contribution in [3.05, 3.63) is 65.2 Å². The van der Waals surface area contributed by atoms with E-state index in [9.17, 15) is 19.5 Å². The zero-order chi connectivity index (χ0) is 32.1. The second-order valence-electron chi connectivity index (χ2n) is 13.2. The molecule has 0 radical (unpaired) electrons. The molecule has 1 fully saturated rings. The van der Waals surface area contributed by atoms with Crippen LogP contribution in [0.2, 0.25) is 0 Å². The molecule has 0 bridgehead atoms. The Kier molecular flexibility index (Phi) is 13.6. The van der Waals surface area contributed by atoms with Gasteiger partial charge in [-0.3, -0.25) is 9.59 Å². The van der Waals surface area contributed by atoms with Gasteiger partial charge in [0.05, 0.1) is 0 Å². The van der Waals surface area contributed by atoms with Crippen molar-refractivity contribution in [1.82, 2.24) is 15.5 Å². The molecule has 2 aromatic carbocycles. The first-order chi connectivity index (χ1) is 21.0. The lowest BCUT2D eigenvalue weighted by Crippen LogP contribution is -2.54. The fourth-order valence-electron chi connectivity index (χ4n) is 5.81. The molecule has 8 heteroatoms. The summed E-state index contributed by atoms with van der Waals surface area (Å²) in [6, 6.07) is 12.6. The van der Waals surface area contributed by atoms with Crippen molar-refractivity contribution in [2.45, 2.75) is 129 Å². The third-order valence-corrected chi connectivity index (χ3v) is 8.02. The highest BCUT2D eigenvalue weighted by atomic mass is 16.6. The smallest absolute Gasteiger partial charge is 0.408 e. The number of aryl methyl sites for hydroxylation is 1. The van der Waals surface area contributed by atoms with Crippen LogP contribution in [0.15, 0.2) is 48.5 Å². The van der Waals surface area contributed by atoms with Crippen molar-refractivity contribution in [3.63, 3.8) is 0 Å². The minimum absolute atomic E-state index is 0.0812. The molecule has 1 saturated carbocycles. The van der Waals surface area contributed by atoms with E-state index in [1.165, 1.54) is 6.42 Å². The number of alkyl carbamates (subject to hydrolysis) is 1. The molecule has 1 aliphatic rings. The molecule has 2 aromatic rings. The average molecular weight is 608 g/mol. The summed E-state index contributed by atoms with van der Waals surface area (Å²) in [5.41, 5.74) is 1.76. The molecule has 2 unspecified atom stereocenters. The Hall–Kier alpha value is -3.55. The lowest BCUT2D eigenvalue weighted by Gasteiger charge is -2.36. The number of carbonyl (C=O) groups excluding carboxylic acids is 3. The molecule has 242 valence electrons. The number of rotatable bonds is 14. The van der Waals surface area contributed by atoms with Gasteiger partial charge in [-0.05, 0) is 70.2 Å². The van der Waals surface area contributed by atoms with Gasteiger partial charge in [0, 0.05) is 19.0 Å². The molecule has 44 heavy (non-hydrogen) atoms. The Bertz CT molecular complexity index is 1200. The van der Waals surface area contributed by atoms with Gasteiger partial charge < -0.3 is 25.4 Å². The highest BCUT2D eigenvalue weighted by Gasteiger charge is 2.37.